The van der Waals surface area contributed by atoms with Gasteiger partial charge in [-0.2, -0.15) is 0 Å². The summed E-state index contributed by atoms with van der Waals surface area (Å²) in [4.78, 5) is 11.6. The van der Waals surface area contributed by atoms with Crippen LogP contribution in [0.3, 0.4) is 0 Å². The molecule has 0 aromatic heterocycles. The molecule has 2 nitrogen and oxygen atoms in total. The van der Waals surface area contributed by atoms with Gasteiger partial charge in [0.25, 0.3) is 0 Å². The molecule has 2 heteroatoms. The molecular formula is C18H24O2. The fourth-order valence-corrected chi connectivity index (χ4v) is 3.72. The van der Waals surface area contributed by atoms with Gasteiger partial charge in [-0.25, -0.2) is 0 Å². The van der Waals surface area contributed by atoms with Crippen molar-refractivity contribution in [3.05, 3.63) is 35.4 Å². The molecule has 1 aromatic rings. The number of hydrogen-bond acceptors (Lipinski definition) is 1. The molecule has 2 fully saturated rings. The molecular weight excluding hydrogens is 248 g/mol. The van der Waals surface area contributed by atoms with E-state index in [2.05, 4.69) is 32.0 Å². The summed E-state index contributed by atoms with van der Waals surface area (Å²) in [5.41, 5.74) is 2.29. The summed E-state index contributed by atoms with van der Waals surface area (Å²) in [5.74, 6) is -0.0860. The van der Waals surface area contributed by atoms with Crippen LogP contribution in [-0.2, 0) is 10.2 Å². The third kappa shape index (κ3) is 2.25. The van der Waals surface area contributed by atoms with Crippen LogP contribution in [-0.4, -0.2) is 11.1 Å². The Morgan fingerprint density at radius 3 is 2.25 bits per heavy atom. The van der Waals surface area contributed by atoms with Crippen LogP contribution in [0.1, 0.15) is 69.4 Å². The number of aliphatic carboxylic acids is 1. The minimum absolute atomic E-state index is 0.454. The van der Waals surface area contributed by atoms with Gasteiger partial charge in [-0.3, -0.25) is 4.79 Å². The second-order valence-corrected chi connectivity index (χ2v) is 7.41. The van der Waals surface area contributed by atoms with Crippen molar-refractivity contribution in [3.8, 4) is 0 Å². The molecule has 0 amide bonds. The molecule has 0 radical (unpaired) electrons. The van der Waals surface area contributed by atoms with Crippen LogP contribution in [0.4, 0.5) is 0 Å². The van der Waals surface area contributed by atoms with E-state index in [9.17, 15) is 9.90 Å². The van der Waals surface area contributed by atoms with Crippen LogP contribution < -0.4 is 0 Å². The molecule has 0 spiro atoms. The maximum atomic E-state index is 11.6. The Hall–Kier alpha value is -1.31. The van der Waals surface area contributed by atoms with Crippen molar-refractivity contribution in [2.45, 2.75) is 63.7 Å². The second kappa shape index (κ2) is 4.61. The topological polar surface area (TPSA) is 37.3 Å². The molecule has 0 bridgehead atoms. The number of hydrogen-bond donors (Lipinski definition) is 1. The fraction of sp³-hybridized carbons (Fsp3) is 0.611. The highest BCUT2D eigenvalue weighted by Crippen LogP contribution is 2.52. The van der Waals surface area contributed by atoms with Crippen molar-refractivity contribution in [1.82, 2.24) is 0 Å². The number of benzene rings is 1. The van der Waals surface area contributed by atoms with Crippen LogP contribution >= 0.6 is 0 Å². The maximum Gasteiger partial charge on any atom is 0.314 e. The van der Waals surface area contributed by atoms with Gasteiger partial charge in [-0.15, -0.1) is 0 Å². The minimum atomic E-state index is -0.638. The molecule has 0 heterocycles. The van der Waals surface area contributed by atoms with E-state index in [1.807, 2.05) is 6.07 Å². The molecule has 1 aromatic carbocycles. The molecule has 1 N–H and O–H groups in total. The van der Waals surface area contributed by atoms with Crippen LogP contribution in [0.5, 0.6) is 0 Å². The highest BCUT2D eigenvalue weighted by Gasteiger charge is 2.53. The SMILES string of the molecule is CC1(C)CCC(c2ccccc2C2(C(=O)O)CC2)CC1. The summed E-state index contributed by atoms with van der Waals surface area (Å²) in [6.07, 6.45) is 6.48. The van der Waals surface area contributed by atoms with E-state index >= 15 is 0 Å². The molecule has 0 saturated heterocycles. The zero-order valence-corrected chi connectivity index (χ0v) is 12.5. The van der Waals surface area contributed by atoms with E-state index < -0.39 is 11.4 Å². The quantitative estimate of drug-likeness (QED) is 0.880. The summed E-state index contributed by atoms with van der Waals surface area (Å²) >= 11 is 0. The van der Waals surface area contributed by atoms with E-state index in [0.29, 0.717) is 11.3 Å². The van der Waals surface area contributed by atoms with E-state index in [-0.39, 0.29) is 0 Å². The summed E-state index contributed by atoms with van der Waals surface area (Å²) < 4.78 is 0. The molecule has 2 aliphatic rings. The van der Waals surface area contributed by atoms with Crippen LogP contribution in [0, 0.1) is 5.41 Å². The molecule has 20 heavy (non-hydrogen) atoms. The van der Waals surface area contributed by atoms with Crippen molar-refractivity contribution in [1.29, 1.82) is 0 Å². The van der Waals surface area contributed by atoms with Gasteiger partial charge in [-0.1, -0.05) is 38.1 Å². The van der Waals surface area contributed by atoms with Crippen molar-refractivity contribution >= 4 is 5.97 Å². The van der Waals surface area contributed by atoms with Crippen molar-refractivity contribution in [3.63, 3.8) is 0 Å². The largest absolute Gasteiger partial charge is 0.481 e. The highest BCUT2D eigenvalue weighted by molar-refractivity contribution is 5.85. The van der Waals surface area contributed by atoms with E-state index in [1.165, 1.54) is 31.2 Å². The molecule has 108 valence electrons. The third-order valence-electron chi connectivity index (χ3n) is 5.41. The standard InChI is InChI=1S/C18H24O2/c1-17(2)9-7-13(8-10-17)14-5-3-4-6-15(14)18(11-12-18)16(19)20/h3-6,13H,7-12H2,1-2H3,(H,19,20). The lowest BCUT2D eigenvalue weighted by molar-refractivity contribution is -0.140. The average Bonchev–Trinajstić information content (AvgIpc) is 3.20. The zero-order valence-electron chi connectivity index (χ0n) is 12.5. The fourth-order valence-electron chi connectivity index (χ4n) is 3.72. The van der Waals surface area contributed by atoms with Crippen LogP contribution in [0.25, 0.3) is 0 Å². The summed E-state index contributed by atoms with van der Waals surface area (Å²) in [6.45, 7) is 4.68. The van der Waals surface area contributed by atoms with Gasteiger partial charge in [-0.05, 0) is 61.0 Å². The zero-order chi connectivity index (χ0) is 14.4. The lowest BCUT2D eigenvalue weighted by Gasteiger charge is -2.35. The van der Waals surface area contributed by atoms with E-state index in [4.69, 9.17) is 0 Å². The van der Waals surface area contributed by atoms with Crippen LogP contribution in [0.2, 0.25) is 0 Å². The van der Waals surface area contributed by atoms with E-state index in [0.717, 1.165) is 18.4 Å². The second-order valence-electron chi connectivity index (χ2n) is 7.41. The maximum absolute atomic E-state index is 11.6. The third-order valence-corrected chi connectivity index (χ3v) is 5.41. The van der Waals surface area contributed by atoms with Crippen LogP contribution in [0.15, 0.2) is 24.3 Å². The number of carbonyl (C=O) groups is 1. The Balaban J connectivity index is 1.90. The molecule has 2 aliphatic carbocycles. The first-order valence-corrected chi connectivity index (χ1v) is 7.77. The molecule has 3 rings (SSSR count). The lowest BCUT2D eigenvalue weighted by atomic mass is 9.70. The van der Waals surface area contributed by atoms with Gasteiger partial charge in [0.15, 0.2) is 0 Å². The molecule has 0 atom stereocenters. The van der Waals surface area contributed by atoms with Gasteiger partial charge in [0.05, 0.1) is 5.41 Å². The Labute approximate surface area is 121 Å². The smallest absolute Gasteiger partial charge is 0.314 e. The number of carboxylic acid groups (broad SMARTS) is 1. The van der Waals surface area contributed by atoms with Gasteiger partial charge >= 0.3 is 5.97 Å². The number of rotatable bonds is 3. The first-order chi connectivity index (χ1) is 9.45. The minimum Gasteiger partial charge on any atom is -0.481 e. The summed E-state index contributed by atoms with van der Waals surface area (Å²) in [5, 5.41) is 9.56. The molecule has 2 saturated carbocycles. The average molecular weight is 272 g/mol. The monoisotopic (exact) mass is 272 g/mol. The van der Waals surface area contributed by atoms with E-state index in [1.54, 1.807) is 0 Å². The van der Waals surface area contributed by atoms with Gasteiger partial charge < -0.3 is 5.11 Å². The molecule has 0 unspecified atom stereocenters. The Morgan fingerprint density at radius 1 is 1.10 bits per heavy atom. The van der Waals surface area contributed by atoms with Crippen molar-refractivity contribution in [2.75, 3.05) is 0 Å². The summed E-state index contributed by atoms with van der Waals surface area (Å²) in [6, 6.07) is 8.28. The van der Waals surface area contributed by atoms with Crippen molar-refractivity contribution in [2.24, 2.45) is 5.41 Å². The first kappa shape index (κ1) is 13.7. The predicted molar refractivity (Wildman–Crippen MR) is 80.0 cm³/mol. The normalized spacial score (nSPS) is 24.3. The van der Waals surface area contributed by atoms with Crippen molar-refractivity contribution < 1.29 is 9.90 Å². The lowest BCUT2D eigenvalue weighted by Crippen LogP contribution is -2.25. The molecule has 0 aliphatic heterocycles. The Kier molecular flexibility index (Phi) is 3.15. The first-order valence-electron chi connectivity index (χ1n) is 7.77. The highest BCUT2D eigenvalue weighted by atomic mass is 16.4. The Morgan fingerprint density at radius 2 is 1.70 bits per heavy atom. The summed E-state index contributed by atoms with van der Waals surface area (Å²) in [7, 11) is 0. The van der Waals surface area contributed by atoms with Gasteiger partial charge in [0, 0.05) is 0 Å². The Bertz CT molecular complexity index is 516. The number of carboxylic acids is 1. The van der Waals surface area contributed by atoms with Gasteiger partial charge in [0.1, 0.15) is 0 Å². The predicted octanol–water partition coefficient (Wildman–Crippen LogP) is 4.49. The van der Waals surface area contributed by atoms with Gasteiger partial charge in [0.2, 0.25) is 0 Å².